The standard InChI is InChI=1S/C25H34N4O5/c1-17(2)16-34-23(31)15-28-12-10-27(11-13-28)9-8-18-4-3-5-19-20(18)14-29(25(19)33)21-6-7-22(30)26-24(21)32/h3-5,17,21H,6-16H2,1-2H3,(H,26,30,32). The Bertz CT molecular complexity index is 955. The summed E-state index contributed by atoms with van der Waals surface area (Å²) < 4.78 is 5.29. The van der Waals surface area contributed by atoms with Crippen molar-refractivity contribution in [3.8, 4) is 0 Å². The van der Waals surface area contributed by atoms with Crippen molar-refractivity contribution in [2.24, 2.45) is 5.92 Å². The summed E-state index contributed by atoms with van der Waals surface area (Å²) in [5, 5.41) is 2.35. The molecule has 34 heavy (non-hydrogen) atoms. The molecule has 0 aromatic heterocycles. The number of nitrogens with one attached hydrogen (secondary N) is 1. The Hall–Kier alpha value is -2.78. The highest BCUT2D eigenvalue weighted by Gasteiger charge is 2.39. The van der Waals surface area contributed by atoms with Gasteiger partial charge in [0, 0.05) is 51.3 Å². The van der Waals surface area contributed by atoms with Gasteiger partial charge in [0.05, 0.1) is 13.2 Å². The second kappa shape index (κ2) is 10.7. The van der Waals surface area contributed by atoms with Gasteiger partial charge >= 0.3 is 5.97 Å². The van der Waals surface area contributed by atoms with E-state index in [-0.39, 0.29) is 30.1 Å². The van der Waals surface area contributed by atoms with Crippen molar-refractivity contribution >= 4 is 23.7 Å². The largest absolute Gasteiger partial charge is 0.464 e. The summed E-state index contributed by atoms with van der Waals surface area (Å²) in [6, 6.07) is 5.19. The lowest BCUT2D eigenvalue weighted by Crippen LogP contribution is -2.52. The molecule has 3 aliphatic rings. The number of carbonyl (C=O) groups is 4. The van der Waals surface area contributed by atoms with Gasteiger partial charge in [-0.2, -0.15) is 0 Å². The maximum atomic E-state index is 13.0. The van der Waals surface area contributed by atoms with Crippen molar-refractivity contribution in [3.05, 3.63) is 34.9 Å². The first-order chi connectivity index (χ1) is 16.3. The number of ether oxygens (including phenoxy) is 1. The number of fused-ring (bicyclic) bond motifs is 1. The summed E-state index contributed by atoms with van der Waals surface area (Å²) in [6.07, 6.45) is 1.44. The van der Waals surface area contributed by atoms with Crippen LogP contribution in [0.5, 0.6) is 0 Å². The number of piperazine rings is 1. The number of amides is 3. The van der Waals surface area contributed by atoms with Crippen molar-refractivity contribution in [1.29, 1.82) is 0 Å². The predicted octanol–water partition coefficient (Wildman–Crippen LogP) is 0.807. The lowest BCUT2D eigenvalue weighted by Gasteiger charge is -2.34. The smallest absolute Gasteiger partial charge is 0.320 e. The zero-order chi connectivity index (χ0) is 24.2. The van der Waals surface area contributed by atoms with Gasteiger partial charge < -0.3 is 14.5 Å². The fraction of sp³-hybridized carbons (Fsp3) is 0.600. The van der Waals surface area contributed by atoms with E-state index in [1.807, 2.05) is 26.0 Å². The molecule has 1 atom stereocenters. The van der Waals surface area contributed by atoms with Gasteiger partial charge in [-0.15, -0.1) is 0 Å². The lowest BCUT2D eigenvalue weighted by atomic mass is 10.0. The molecule has 2 fully saturated rings. The molecule has 0 aliphatic carbocycles. The monoisotopic (exact) mass is 470 g/mol. The van der Waals surface area contributed by atoms with E-state index in [0.717, 1.165) is 50.3 Å². The number of hydrogen-bond donors (Lipinski definition) is 1. The van der Waals surface area contributed by atoms with Gasteiger partial charge in [0.2, 0.25) is 11.8 Å². The van der Waals surface area contributed by atoms with Gasteiger partial charge in [0.1, 0.15) is 6.04 Å². The van der Waals surface area contributed by atoms with Crippen LogP contribution >= 0.6 is 0 Å². The maximum absolute atomic E-state index is 13.0. The highest BCUT2D eigenvalue weighted by molar-refractivity contribution is 6.05. The van der Waals surface area contributed by atoms with E-state index in [0.29, 0.717) is 37.6 Å². The minimum atomic E-state index is -0.592. The average Bonchev–Trinajstić information content (AvgIpc) is 3.14. The van der Waals surface area contributed by atoms with E-state index in [9.17, 15) is 19.2 Å². The van der Waals surface area contributed by atoms with Crippen LogP contribution in [-0.2, 0) is 32.1 Å². The normalized spacial score (nSPS) is 21.7. The molecule has 184 valence electrons. The molecule has 3 amide bonds. The number of esters is 1. The van der Waals surface area contributed by atoms with Gasteiger partial charge in [-0.05, 0) is 36.0 Å². The molecular formula is C25H34N4O5. The molecule has 3 heterocycles. The van der Waals surface area contributed by atoms with Crippen molar-refractivity contribution in [3.63, 3.8) is 0 Å². The number of imide groups is 1. The number of nitrogens with zero attached hydrogens (tertiary/aromatic N) is 3. The molecule has 1 unspecified atom stereocenters. The molecular weight excluding hydrogens is 436 g/mol. The molecule has 1 aromatic carbocycles. The van der Waals surface area contributed by atoms with E-state index in [1.165, 1.54) is 0 Å². The van der Waals surface area contributed by atoms with E-state index in [2.05, 4.69) is 21.2 Å². The Morgan fingerprint density at radius 1 is 1.12 bits per heavy atom. The summed E-state index contributed by atoms with van der Waals surface area (Å²) in [4.78, 5) is 54.9. The van der Waals surface area contributed by atoms with E-state index in [4.69, 9.17) is 4.74 Å². The van der Waals surface area contributed by atoms with Crippen LogP contribution in [0.25, 0.3) is 0 Å². The molecule has 4 rings (SSSR count). The molecule has 0 spiro atoms. The van der Waals surface area contributed by atoms with Crippen LogP contribution in [-0.4, -0.2) is 90.3 Å². The number of rotatable bonds is 8. The second-order valence-electron chi connectivity index (χ2n) is 9.79. The van der Waals surface area contributed by atoms with Crippen LogP contribution in [0.2, 0.25) is 0 Å². The quantitative estimate of drug-likeness (QED) is 0.443. The first kappa shape index (κ1) is 24.3. The number of hydrogen-bond acceptors (Lipinski definition) is 7. The van der Waals surface area contributed by atoms with E-state index in [1.54, 1.807) is 4.90 Å². The van der Waals surface area contributed by atoms with Crippen molar-refractivity contribution in [1.82, 2.24) is 20.0 Å². The summed E-state index contributed by atoms with van der Waals surface area (Å²) in [5.74, 6) is -0.619. The minimum Gasteiger partial charge on any atom is -0.464 e. The van der Waals surface area contributed by atoms with Gasteiger partial charge in [-0.3, -0.25) is 29.4 Å². The number of benzene rings is 1. The Balaban J connectivity index is 1.29. The minimum absolute atomic E-state index is 0.135. The van der Waals surface area contributed by atoms with Crippen LogP contribution in [0.3, 0.4) is 0 Å². The fourth-order valence-corrected chi connectivity index (χ4v) is 4.82. The topological polar surface area (TPSA) is 99.3 Å². The first-order valence-electron chi connectivity index (χ1n) is 12.2. The Morgan fingerprint density at radius 3 is 2.56 bits per heavy atom. The van der Waals surface area contributed by atoms with Gasteiger partial charge in [0.15, 0.2) is 0 Å². The van der Waals surface area contributed by atoms with Crippen molar-refractivity contribution in [2.75, 3.05) is 45.9 Å². The first-order valence-corrected chi connectivity index (χ1v) is 12.2. The summed E-state index contributed by atoms with van der Waals surface area (Å²) >= 11 is 0. The van der Waals surface area contributed by atoms with Crippen molar-refractivity contribution < 1.29 is 23.9 Å². The lowest BCUT2D eigenvalue weighted by molar-refractivity contribution is -0.146. The van der Waals surface area contributed by atoms with Gasteiger partial charge in [-0.25, -0.2) is 0 Å². The summed E-state index contributed by atoms with van der Waals surface area (Å²) in [5.41, 5.74) is 2.77. The summed E-state index contributed by atoms with van der Waals surface area (Å²) in [6.45, 7) is 9.54. The SMILES string of the molecule is CC(C)COC(=O)CN1CCN(CCc2cccc3c2CN(C2CCC(=O)NC2=O)C3=O)CC1. The molecule has 9 nitrogen and oxygen atoms in total. The molecule has 0 bridgehead atoms. The van der Waals surface area contributed by atoms with Crippen LogP contribution in [0.15, 0.2) is 18.2 Å². The molecule has 0 saturated carbocycles. The van der Waals surface area contributed by atoms with Crippen LogP contribution in [0.1, 0.15) is 48.2 Å². The average molecular weight is 471 g/mol. The van der Waals surface area contributed by atoms with Crippen LogP contribution < -0.4 is 5.32 Å². The molecule has 1 N–H and O–H groups in total. The maximum Gasteiger partial charge on any atom is 0.320 e. The van der Waals surface area contributed by atoms with E-state index >= 15 is 0 Å². The molecule has 0 radical (unpaired) electrons. The Labute approximate surface area is 200 Å². The zero-order valence-corrected chi connectivity index (χ0v) is 20.0. The third-order valence-corrected chi connectivity index (χ3v) is 6.77. The van der Waals surface area contributed by atoms with Crippen LogP contribution in [0.4, 0.5) is 0 Å². The van der Waals surface area contributed by atoms with Gasteiger partial charge in [0.25, 0.3) is 5.91 Å². The van der Waals surface area contributed by atoms with E-state index < -0.39 is 6.04 Å². The molecule has 1 aromatic rings. The van der Waals surface area contributed by atoms with Gasteiger partial charge in [-0.1, -0.05) is 26.0 Å². The Morgan fingerprint density at radius 2 is 1.85 bits per heavy atom. The number of carbonyl (C=O) groups excluding carboxylic acids is 4. The predicted molar refractivity (Wildman–Crippen MR) is 125 cm³/mol. The molecule has 2 saturated heterocycles. The highest BCUT2D eigenvalue weighted by atomic mass is 16.5. The highest BCUT2D eigenvalue weighted by Crippen LogP contribution is 2.30. The summed E-state index contributed by atoms with van der Waals surface area (Å²) in [7, 11) is 0. The third kappa shape index (κ3) is 5.64. The Kier molecular flexibility index (Phi) is 7.63. The van der Waals surface area contributed by atoms with Crippen molar-refractivity contribution in [2.45, 2.75) is 45.7 Å². The molecule has 9 heteroatoms. The second-order valence-corrected chi connectivity index (χ2v) is 9.79. The molecule has 3 aliphatic heterocycles. The fourth-order valence-electron chi connectivity index (χ4n) is 4.82. The zero-order valence-electron chi connectivity index (χ0n) is 20.0. The third-order valence-electron chi connectivity index (χ3n) is 6.77. The van der Waals surface area contributed by atoms with Crippen LogP contribution in [0, 0.1) is 5.92 Å². The number of piperidine rings is 1.